The van der Waals surface area contributed by atoms with Crippen molar-refractivity contribution in [2.24, 2.45) is 16.3 Å². The van der Waals surface area contributed by atoms with Crippen LogP contribution in [-0.4, -0.2) is 60.7 Å². The van der Waals surface area contributed by atoms with E-state index in [4.69, 9.17) is 0 Å². The summed E-state index contributed by atoms with van der Waals surface area (Å²) in [6.45, 7) is 5.41. The standard InChI is InChI=1S/C18H32N4O2/c1-2-19-17(20-12-18(13-23)8-9-18)21-15-7-10-22(11-15)16(24)14-5-3-4-6-14/h14-15,23H,2-13H2,1H3,(H2,19,20,21). The van der Waals surface area contributed by atoms with Gasteiger partial charge in [0.2, 0.25) is 5.91 Å². The predicted molar refractivity (Wildman–Crippen MR) is 94.8 cm³/mol. The maximum atomic E-state index is 12.5. The molecule has 1 heterocycles. The molecule has 0 spiro atoms. The summed E-state index contributed by atoms with van der Waals surface area (Å²) in [4.78, 5) is 19.2. The van der Waals surface area contributed by atoms with E-state index >= 15 is 0 Å². The smallest absolute Gasteiger partial charge is 0.225 e. The highest BCUT2D eigenvalue weighted by Gasteiger charge is 2.42. The number of nitrogens with one attached hydrogen (secondary N) is 2. The molecule has 6 nitrogen and oxygen atoms in total. The summed E-state index contributed by atoms with van der Waals surface area (Å²) >= 11 is 0. The topological polar surface area (TPSA) is 77.0 Å². The van der Waals surface area contributed by atoms with Gasteiger partial charge in [0.15, 0.2) is 5.96 Å². The van der Waals surface area contributed by atoms with Crippen molar-refractivity contribution >= 4 is 11.9 Å². The highest BCUT2D eigenvalue weighted by Crippen LogP contribution is 2.45. The summed E-state index contributed by atoms with van der Waals surface area (Å²) in [6, 6.07) is 0.275. The van der Waals surface area contributed by atoms with Crippen LogP contribution in [0.1, 0.15) is 51.9 Å². The Morgan fingerprint density at radius 3 is 2.67 bits per heavy atom. The van der Waals surface area contributed by atoms with Crippen LogP contribution in [0.5, 0.6) is 0 Å². The van der Waals surface area contributed by atoms with Crippen LogP contribution in [0.15, 0.2) is 4.99 Å². The molecule has 1 amide bonds. The van der Waals surface area contributed by atoms with Crippen molar-refractivity contribution in [1.82, 2.24) is 15.5 Å². The number of likely N-dealkylation sites (tertiary alicyclic amines) is 1. The van der Waals surface area contributed by atoms with Gasteiger partial charge in [0.05, 0.1) is 13.2 Å². The maximum Gasteiger partial charge on any atom is 0.225 e. The number of carbonyl (C=O) groups excluding carboxylic acids is 1. The van der Waals surface area contributed by atoms with E-state index in [-0.39, 0.29) is 24.0 Å². The van der Waals surface area contributed by atoms with E-state index in [1.165, 1.54) is 12.8 Å². The lowest BCUT2D eigenvalue weighted by Gasteiger charge is -2.21. The van der Waals surface area contributed by atoms with Crippen LogP contribution in [0, 0.1) is 11.3 Å². The van der Waals surface area contributed by atoms with Crippen LogP contribution in [0.3, 0.4) is 0 Å². The van der Waals surface area contributed by atoms with Crippen molar-refractivity contribution in [3.8, 4) is 0 Å². The number of nitrogens with zero attached hydrogens (tertiary/aromatic N) is 2. The fourth-order valence-electron chi connectivity index (χ4n) is 3.81. The molecule has 1 unspecified atom stereocenters. The van der Waals surface area contributed by atoms with Gasteiger partial charge in [-0.3, -0.25) is 9.79 Å². The molecule has 0 radical (unpaired) electrons. The number of carbonyl (C=O) groups is 1. The SMILES string of the molecule is CCNC(=NCC1(CO)CC1)NC1CCN(C(=O)C2CCCC2)C1. The van der Waals surface area contributed by atoms with Crippen LogP contribution in [0.4, 0.5) is 0 Å². The van der Waals surface area contributed by atoms with Crippen LogP contribution in [0.2, 0.25) is 0 Å². The monoisotopic (exact) mass is 336 g/mol. The van der Waals surface area contributed by atoms with E-state index in [0.717, 1.165) is 57.7 Å². The number of aliphatic hydroxyl groups excluding tert-OH is 1. The van der Waals surface area contributed by atoms with Gasteiger partial charge in [-0.05, 0) is 39.0 Å². The minimum absolute atomic E-state index is 0.0303. The van der Waals surface area contributed by atoms with Crippen molar-refractivity contribution < 1.29 is 9.90 Å². The first-order valence-corrected chi connectivity index (χ1v) is 9.60. The van der Waals surface area contributed by atoms with E-state index < -0.39 is 0 Å². The Hall–Kier alpha value is -1.30. The fraction of sp³-hybridized carbons (Fsp3) is 0.889. The van der Waals surface area contributed by atoms with Crippen molar-refractivity contribution in [2.75, 3.05) is 32.8 Å². The molecule has 6 heteroatoms. The van der Waals surface area contributed by atoms with Gasteiger partial charge in [0.25, 0.3) is 0 Å². The molecule has 2 saturated carbocycles. The van der Waals surface area contributed by atoms with Crippen LogP contribution < -0.4 is 10.6 Å². The van der Waals surface area contributed by atoms with Gasteiger partial charge in [0, 0.05) is 37.0 Å². The van der Waals surface area contributed by atoms with Gasteiger partial charge in [0.1, 0.15) is 0 Å². The van der Waals surface area contributed by atoms with E-state index in [0.29, 0.717) is 12.5 Å². The third-order valence-corrected chi connectivity index (χ3v) is 5.75. The van der Waals surface area contributed by atoms with Crippen LogP contribution >= 0.6 is 0 Å². The Labute approximate surface area is 145 Å². The quantitative estimate of drug-likeness (QED) is 0.501. The minimum Gasteiger partial charge on any atom is -0.396 e. The molecule has 1 atom stereocenters. The first kappa shape index (κ1) is 17.5. The lowest BCUT2D eigenvalue weighted by atomic mass is 10.1. The summed E-state index contributed by atoms with van der Waals surface area (Å²) < 4.78 is 0. The third-order valence-electron chi connectivity index (χ3n) is 5.75. The predicted octanol–water partition coefficient (Wildman–Crippen LogP) is 1.11. The van der Waals surface area contributed by atoms with Crippen molar-refractivity contribution in [2.45, 2.75) is 57.9 Å². The second-order valence-electron chi connectivity index (χ2n) is 7.75. The second-order valence-corrected chi connectivity index (χ2v) is 7.75. The average Bonchev–Trinajstić information content (AvgIpc) is 3.00. The number of hydrogen-bond donors (Lipinski definition) is 3. The van der Waals surface area contributed by atoms with E-state index in [2.05, 4.69) is 22.5 Å². The summed E-state index contributed by atoms with van der Waals surface area (Å²) in [7, 11) is 0. The van der Waals surface area contributed by atoms with E-state index in [9.17, 15) is 9.90 Å². The molecular formula is C18H32N4O2. The highest BCUT2D eigenvalue weighted by molar-refractivity contribution is 5.81. The number of guanidine groups is 1. The number of aliphatic imine (C=N–C) groups is 1. The Morgan fingerprint density at radius 2 is 2.04 bits per heavy atom. The minimum atomic E-state index is 0.0303. The molecule has 0 bridgehead atoms. The number of hydrogen-bond acceptors (Lipinski definition) is 3. The van der Waals surface area contributed by atoms with Crippen molar-refractivity contribution in [3.63, 3.8) is 0 Å². The highest BCUT2D eigenvalue weighted by atomic mass is 16.3. The fourth-order valence-corrected chi connectivity index (χ4v) is 3.81. The molecule has 1 aliphatic heterocycles. The summed E-state index contributed by atoms with van der Waals surface area (Å²) in [5.41, 5.74) is 0.0303. The molecule has 3 aliphatic rings. The molecule has 2 aliphatic carbocycles. The molecule has 0 aromatic rings. The third kappa shape index (κ3) is 4.21. The second kappa shape index (κ2) is 7.72. The van der Waals surface area contributed by atoms with E-state index in [1.807, 2.05) is 4.90 Å². The summed E-state index contributed by atoms with van der Waals surface area (Å²) in [5, 5.41) is 16.2. The van der Waals surface area contributed by atoms with Crippen molar-refractivity contribution in [1.29, 1.82) is 0 Å². The van der Waals surface area contributed by atoms with Gasteiger partial charge in [-0.1, -0.05) is 12.8 Å². The first-order chi connectivity index (χ1) is 11.7. The maximum absolute atomic E-state index is 12.5. The zero-order valence-corrected chi connectivity index (χ0v) is 14.9. The van der Waals surface area contributed by atoms with Gasteiger partial charge in [-0.25, -0.2) is 0 Å². The number of aliphatic hydroxyl groups is 1. The molecule has 136 valence electrons. The molecule has 3 fully saturated rings. The molecule has 3 rings (SSSR count). The van der Waals surface area contributed by atoms with Crippen LogP contribution in [-0.2, 0) is 4.79 Å². The Balaban J connectivity index is 1.50. The molecule has 24 heavy (non-hydrogen) atoms. The Kier molecular flexibility index (Phi) is 5.64. The van der Waals surface area contributed by atoms with Gasteiger partial charge >= 0.3 is 0 Å². The normalized spacial score (nSPS) is 26.7. The first-order valence-electron chi connectivity index (χ1n) is 9.60. The van der Waals surface area contributed by atoms with E-state index in [1.54, 1.807) is 0 Å². The zero-order chi connectivity index (χ0) is 17.0. The lowest BCUT2D eigenvalue weighted by molar-refractivity contribution is -0.134. The Morgan fingerprint density at radius 1 is 1.29 bits per heavy atom. The Bertz CT molecular complexity index is 470. The number of rotatable bonds is 6. The summed E-state index contributed by atoms with van der Waals surface area (Å²) in [6.07, 6.45) is 7.67. The molecule has 0 aromatic heterocycles. The molecular weight excluding hydrogens is 304 g/mol. The average molecular weight is 336 g/mol. The largest absolute Gasteiger partial charge is 0.396 e. The van der Waals surface area contributed by atoms with Crippen molar-refractivity contribution in [3.05, 3.63) is 0 Å². The lowest BCUT2D eigenvalue weighted by Crippen LogP contribution is -2.45. The van der Waals surface area contributed by atoms with Crippen LogP contribution in [0.25, 0.3) is 0 Å². The summed E-state index contributed by atoms with van der Waals surface area (Å²) in [5.74, 6) is 1.44. The molecule has 0 aromatic carbocycles. The van der Waals surface area contributed by atoms with Gasteiger partial charge < -0.3 is 20.6 Å². The zero-order valence-electron chi connectivity index (χ0n) is 14.9. The molecule has 3 N–H and O–H groups in total. The van der Waals surface area contributed by atoms with Gasteiger partial charge in [-0.15, -0.1) is 0 Å². The number of amides is 1. The van der Waals surface area contributed by atoms with Gasteiger partial charge in [-0.2, -0.15) is 0 Å². The molecule has 1 saturated heterocycles.